The van der Waals surface area contributed by atoms with Crippen LogP contribution < -0.4 is 4.74 Å². The van der Waals surface area contributed by atoms with Gasteiger partial charge in [-0.2, -0.15) is 0 Å². The van der Waals surface area contributed by atoms with Crippen LogP contribution >= 0.6 is 0 Å². The average Bonchev–Trinajstić information content (AvgIpc) is 3.18. The van der Waals surface area contributed by atoms with Gasteiger partial charge in [-0.05, 0) is 43.2 Å². The van der Waals surface area contributed by atoms with Gasteiger partial charge in [0.1, 0.15) is 12.1 Å². The van der Waals surface area contributed by atoms with E-state index in [0.717, 1.165) is 38.1 Å². The van der Waals surface area contributed by atoms with Crippen molar-refractivity contribution in [2.45, 2.75) is 12.8 Å². The molecule has 3 aromatic rings. The highest BCUT2D eigenvalue weighted by molar-refractivity contribution is 5.94. The molecule has 26 heavy (non-hydrogen) atoms. The summed E-state index contributed by atoms with van der Waals surface area (Å²) in [7, 11) is 0. The van der Waals surface area contributed by atoms with Crippen LogP contribution in [0.1, 0.15) is 23.2 Å². The Balaban J connectivity index is 1.59. The molecule has 1 saturated heterocycles. The number of aromatic nitrogens is 2. The number of hydrogen-bond acceptors (Lipinski definition) is 4. The van der Waals surface area contributed by atoms with Crippen LogP contribution in [0, 0.1) is 11.6 Å². The number of rotatable bonds is 3. The van der Waals surface area contributed by atoms with Gasteiger partial charge in [0.25, 0.3) is 5.91 Å². The molecule has 0 saturated carbocycles. The number of nitrogens with zero attached hydrogens (tertiary/aromatic N) is 3. The monoisotopic (exact) mass is 355 g/mol. The van der Waals surface area contributed by atoms with E-state index in [-0.39, 0.29) is 22.7 Å². The van der Waals surface area contributed by atoms with Gasteiger partial charge >= 0.3 is 0 Å². The number of halogens is 2. The Morgan fingerprint density at radius 2 is 1.69 bits per heavy atom. The molecule has 0 aliphatic carbocycles. The van der Waals surface area contributed by atoms with Gasteiger partial charge in [-0.15, -0.1) is 0 Å². The summed E-state index contributed by atoms with van der Waals surface area (Å²) in [4.78, 5) is 22.1. The van der Waals surface area contributed by atoms with Crippen LogP contribution in [0.3, 0.4) is 0 Å². The summed E-state index contributed by atoms with van der Waals surface area (Å²) < 4.78 is 32.6. The van der Waals surface area contributed by atoms with E-state index in [2.05, 4.69) is 9.97 Å². The second-order valence-corrected chi connectivity index (χ2v) is 6.09. The van der Waals surface area contributed by atoms with Crippen molar-refractivity contribution in [3.63, 3.8) is 0 Å². The van der Waals surface area contributed by atoms with Crippen molar-refractivity contribution in [2.75, 3.05) is 13.1 Å². The number of hydrogen-bond donors (Lipinski definition) is 0. The molecule has 0 radical (unpaired) electrons. The molecule has 0 atom stereocenters. The normalized spacial score (nSPS) is 14.0. The predicted molar refractivity (Wildman–Crippen MR) is 91.1 cm³/mol. The molecule has 1 fully saturated rings. The molecule has 2 aromatic carbocycles. The molecular weight excluding hydrogens is 340 g/mol. The molecule has 0 N–H and O–H groups in total. The fourth-order valence-corrected chi connectivity index (χ4v) is 2.99. The van der Waals surface area contributed by atoms with Gasteiger partial charge in [-0.3, -0.25) is 4.79 Å². The minimum absolute atomic E-state index is 0.000850. The van der Waals surface area contributed by atoms with Gasteiger partial charge in [0, 0.05) is 24.7 Å². The molecule has 4 rings (SSSR count). The van der Waals surface area contributed by atoms with Gasteiger partial charge in [-0.25, -0.2) is 18.7 Å². The van der Waals surface area contributed by atoms with E-state index in [1.165, 1.54) is 6.33 Å². The third kappa shape index (κ3) is 3.08. The van der Waals surface area contributed by atoms with Crippen molar-refractivity contribution in [1.29, 1.82) is 0 Å². The maximum absolute atomic E-state index is 13.5. The van der Waals surface area contributed by atoms with Crippen molar-refractivity contribution in [1.82, 2.24) is 14.9 Å². The average molecular weight is 355 g/mol. The summed E-state index contributed by atoms with van der Waals surface area (Å²) in [5.74, 6) is -1.42. The van der Waals surface area contributed by atoms with E-state index < -0.39 is 11.6 Å². The van der Waals surface area contributed by atoms with E-state index in [1.807, 2.05) is 4.90 Å². The van der Waals surface area contributed by atoms with Crippen molar-refractivity contribution >= 4 is 16.8 Å². The fraction of sp³-hybridized carbons (Fsp3) is 0.211. The largest absolute Gasteiger partial charge is 0.438 e. The molecule has 2 heterocycles. The van der Waals surface area contributed by atoms with E-state index in [0.29, 0.717) is 11.3 Å². The molecule has 0 spiro atoms. The number of fused-ring (bicyclic) bond motifs is 1. The Hall–Kier alpha value is -3.09. The first-order chi connectivity index (χ1) is 12.6. The molecule has 132 valence electrons. The third-order valence-electron chi connectivity index (χ3n) is 4.35. The Morgan fingerprint density at radius 3 is 2.42 bits per heavy atom. The van der Waals surface area contributed by atoms with E-state index >= 15 is 0 Å². The van der Waals surface area contributed by atoms with Crippen LogP contribution in [0.4, 0.5) is 8.78 Å². The topological polar surface area (TPSA) is 55.3 Å². The lowest BCUT2D eigenvalue weighted by molar-refractivity contribution is 0.0793. The van der Waals surface area contributed by atoms with Gasteiger partial charge in [0.05, 0.1) is 10.9 Å². The number of likely N-dealkylation sites (tertiary alicyclic amines) is 1. The van der Waals surface area contributed by atoms with Crippen LogP contribution in [0.15, 0.2) is 42.7 Å². The van der Waals surface area contributed by atoms with Crippen molar-refractivity contribution in [3.8, 4) is 11.6 Å². The molecular formula is C19H15F2N3O2. The van der Waals surface area contributed by atoms with Crippen molar-refractivity contribution < 1.29 is 18.3 Å². The highest BCUT2D eigenvalue weighted by atomic mass is 19.2. The Bertz CT molecular complexity index is 970. The number of carbonyl (C=O) groups is 1. The molecule has 1 aliphatic heterocycles. The number of amides is 1. The quantitative estimate of drug-likeness (QED) is 0.714. The SMILES string of the molecule is O=C(c1ccc(Oc2ncnc3cc(F)c(F)cc23)cc1)N1CCCC1. The Labute approximate surface area is 148 Å². The van der Waals surface area contributed by atoms with Crippen LogP contribution in [0.2, 0.25) is 0 Å². The highest BCUT2D eigenvalue weighted by Gasteiger charge is 2.19. The summed E-state index contributed by atoms with van der Waals surface area (Å²) >= 11 is 0. The van der Waals surface area contributed by atoms with Crippen LogP contribution in [-0.2, 0) is 0 Å². The van der Waals surface area contributed by atoms with Gasteiger partial charge < -0.3 is 9.64 Å². The first kappa shape index (κ1) is 16.4. The van der Waals surface area contributed by atoms with Crippen LogP contribution in [-0.4, -0.2) is 33.9 Å². The summed E-state index contributed by atoms with van der Waals surface area (Å²) in [6.45, 7) is 1.57. The summed E-state index contributed by atoms with van der Waals surface area (Å²) in [6.07, 6.45) is 3.29. The number of benzene rings is 2. The maximum Gasteiger partial charge on any atom is 0.253 e. The molecule has 0 bridgehead atoms. The van der Waals surface area contributed by atoms with Crippen LogP contribution in [0.5, 0.6) is 11.6 Å². The minimum Gasteiger partial charge on any atom is -0.438 e. The zero-order valence-electron chi connectivity index (χ0n) is 13.8. The highest BCUT2D eigenvalue weighted by Crippen LogP contribution is 2.28. The first-order valence-corrected chi connectivity index (χ1v) is 8.29. The first-order valence-electron chi connectivity index (χ1n) is 8.29. The standard InChI is InChI=1S/C19H15F2N3O2/c20-15-9-14-17(10-16(15)21)22-11-23-18(14)26-13-5-3-12(4-6-13)19(25)24-7-1-2-8-24/h3-6,9-11H,1-2,7-8H2. The molecule has 1 aromatic heterocycles. The van der Waals surface area contributed by atoms with E-state index in [9.17, 15) is 13.6 Å². The molecule has 1 amide bonds. The number of carbonyl (C=O) groups excluding carboxylic acids is 1. The van der Waals surface area contributed by atoms with Crippen LogP contribution in [0.25, 0.3) is 10.9 Å². The lowest BCUT2D eigenvalue weighted by Crippen LogP contribution is -2.27. The minimum atomic E-state index is -0.997. The molecule has 0 unspecified atom stereocenters. The molecule has 5 nitrogen and oxygen atoms in total. The Kier molecular flexibility index (Phi) is 4.20. The summed E-state index contributed by atoms with van der Waals surface area (Å²) in [5.41, 5.74) is 0.828. The summed E-state index contributed by atoms with van der Waals surface area (Å²) in [6, 6.07) is 8.66. The third-order valence-corrected chi connectivity index (χ3v) is 4.35. The van der Waals surface area contributed by atoms with Crippen molar-refractivity contribution in [3.05, 3.63) is 59.9 Å². The second kappa shape index (κ2) is 6.67. The van der Waals surface area contributed by atoms with Gasteiger partial charge in [0.15, 0.2) is 11.6 Å². The number of ether oxygens (including phenoxy) is 1. The van der Waals surface area contributed by atoms with Gasteiger partial charge in [0.2, 0.25) is 5.88 Å². The van der Waals surface area contributed by atoms with E-state index in [4.69, 9.17) is 4.74 Å². The molecule has 7 heteroatoms. The summed E-state index contributed by atoms with van der Waals surface area (Å²) in [5, 5.41) is 0.267. The smallest absolute Gasteiger partial charge is 0.253 e. The predicted octanol–water partition coefficient (Wildman–Crippen LogP) is 3.94. The molecule has 1 aliphatic rings. The maximum atomic E-state index is 13.5. The lowest BCUT2D eigenvalue weighted by atomic mass is 10.2. The fourth-order valence-electron chi connectivity index (χ4n) is 2.99. The van der Waals surface area contributed by atoms with Gasteiger partial charge in [-0.1, -0.05) is 0 Å². The van der Waals surface area contributed by atoms with Crippen molar-refractivity contribution in [2.24, 2.45) is 0 Å². The Morgan fingerprint density at radius 1 is 1.00 bits per heavy atom. The van der Waals surface area contributed by atoms with E-state index in [1.54, 1.807) is 24.3 Å². The second-order valence-electron chi connectivity index (χ2n) is 6.09. The lowest BCUT2D eigenvalue weighted by Gasteiger charge is -2.15. The zero-order chi connectivity index (χ0) is 18.1. The zero-order valence-corrected chi connectivity index (χ0v) is 13.8.